The van der Waals surface area contributed by atoms with E-state index in [4.69, 9.17) is 0 Å². The Balaban J connectivity index is 1.05. The van der Waals surface area contributed by atoms with Gasteiger partial charge in [-0.2, -0.15) is 0 Å². The molecule has 2 aliphatic carbocycles. The van der Waals surface area contributed by atoms with E-state index in [0.717, 1.165) is 11.4 Å². The van der Waals surface area contributed by atoms with E-state index in [0.29, 0.717) is 0 Å². The lowest BCUT2D eigenvalue weighted by Gasteiger charge is -2.45. The first-order valence-corrected chi connectivity index (χ1v) is 23.1. The molecule has 2 heterocycles. The lowest BCUT2D eigenvalue weighted by atomic mass is 9.33. The molecule has 15 rings (SSSR count). The molecule has 0 amide bonds. The van der Waals surface area contributed by atoms with Gasteiger partial charge in [-0.15, -0.1) is 0 Å². The smallest absolute Gasteiger partial charge is 0.252 e. The van der Waals surface area contributed by atoms with E-state index >= 15 is 0 Å². The second-order valence-electron chi connectivity index (χ2n) is 18.3. The average molecular weight is 835 g/mol. The molecular formula is C63H39BN2. The van der Waals surface area contributed by atoms with Crippen molar-refractivity contribution in [1.29, 1.82) is 0 Å². The van der Waals surface area contributed by atoms with Crippen molar-refractivity contribution in [2.45, 2.75) is 5.41 Å². The van der Waals surface area contributed by atoms with Crippen molar-refractivity contribution in [3.05, 3.63) is 259 Å². The van der Waals surface area contributed by atoms with Crippen LogP contribution in [0.15, 0.2) is 237 Å². The van der Waals surface area contributed by atoms with Crippen molar-refractivity contribution < 1.29 is 0 Å². The molecule has 0 radical (unpaired) electrons. The predicted octanol–water partition coefficient (Wildman–Crippen LogP) is 14.1. The third-order valence-corrected chi connectivity index (χ3v) is 15.2. The summed E-state index contributed by atoms with van der Waals surface area (Å²) in [6.07, 6.45) is 0. The number of anilines is 6. The summed E-state index contributed by atoms with van der Waals surface area (Å²) in [4.78, 5) is 5.13. The predicted molar refractivity (Wildman–Crippen MR) is 277 cm³/mol. The van der Waals surface area contributed by atoms with E-state index in [2.05, 4.69) is 246 Å². The molecule has 0 unspecified atom stereocenters. The molecule has 11 aromatic rings. The van der Waals surface area contributed by atoms with Crippen LogP contribution < -0.4 is 26.2 Å². The van der Waals surface area contributed by atoms with Crippen molar-refractivity contribution in [3.63, 3.8) is 0 Å². The highest BCUT2D eigenvalue weighted by atomic mass is 15.2. The maximum Gasteiger partial charge on any atom is 0.252 e. The fourth-order valence-corrected chi connectivity index (χ4v) is 12.7. The minimum Gasteiger partial charge on any atom is -0.311 e. The number of rotatable bonds is 3. The SMILES string of the molecule is c1ccc(N2c3cc(-c4ccc5c(c4)-c4ccccc4C54c5ccccc5-c5ccccc54)cc4c3B(c3ccc5ccccc5c32)c2ccc3ccccc3c2N4c2ccccc2)cc1. The number of hydrogen-bond acceptors (Lipinski definition) is 2. The van der Waals surface area contributed by atoms with Crippen LogP contribution in [-0.4, -0.2) is 6.71 Å². The Morgan fingerprint density at radius 2 is 0.742 bits per heavy atom. The van der Waals surface area contributed by atoms with Gasteiger partial charge < -0.3 is 9.80 Å². The summed E-state index contributed by atoms with van der Waals surface area (Å²) < 4.78 is 0. The standard InChI is InChI=1S/C63H39BN2/c1-3-19-44(20-4-1)65-58-38-43(42-31-34-55-51(37-42)50-27-13-16-30-54(50)63(55)52-28-14-11-25-48(52)49-26-12-15-29-53(49)63)39-59-60(58)64(56-35-32-40-17-7-9-23-46(40)61(56)65)57-36-33-41-18-8-10-24-47(41)62(57)66(59)45-21-5-2-6-22-45/h1-39H. The molecule has 0 atom stereocenters. The van der Waals surface area contributed by atoms with Crippen LogP contribution in [0.4, 0.5) is 34.1 Å². The van der Waals surface area contributed by atoms with E-state index in [1.54, 1.807) is 0 Å². The minimum atomic E-state index is -0.392. The lowest BCUT2D eigenvalue weighted by molar-refractivity contribution is 0.794. The van der Waals surface area contributed by atoms with Crippen LogP contribution in [0.1, 0.15) is 22.3 Å². The largest absolute Gasteiger partial charge is 0.311 e. The van der Waals surface area contributed by atoms with Crippen molar-refractivity contribution >= 4 is 78.8 Å². The molecular weight excluding hydrogens is 796 g/mol. The molecule has 2 aliphatic heterocycles. The maximum absolute atomic E-state index is 2.57. The zero-order valence-corrected chi connectivity index (χ0v) is 36.0. The van der Waals surface area contributed by atoms with Crippen LogP contribution in [0, 0.1) is 0 Å². The summed E-state index contributed by atoms with van der Waals surface area (Å²) in [6.45, 7) is -0.00237. The van der Waals surface area contributed by atoms with Crippen molar-refractivity contribution in [1.82, 2.24) is 0 Å². The highest BCUT2D eigenvalue weighted by molar-refractivity contribution is 7.00. The average Bonchev–Trinajstić information content (AvgIpc) is 3.86. The zero-order valence-electron chi connectivity index (χ0n) is 36.0. The van der Waals surface area contributed by atoms with Gasteiger partial charge in [0.1, 0.15) is 0 Å². The van der Waals surface area contributed by atoms with Gasteiger partial charge in [-0.05, 0) is 125 Å². The second-order valence-corrected chi connectivity index (χ2v) is 18.3. The van der Waals surface area contributed by atoms with Crippen molar-refractivity contribution in [2.75, 3.05) is 9.80 Å². The normalized spacial score (nSPS) is 14.1. The third kappa shape index (κ3) is 4.61. The summed E-state index contributed by atoms with van der Waals surface area (Å²) in [6, 6.07) is 89.0. The Bertz CT molecular complexity index is 3660. The van der Waals surface area contributed by atoms with Crippen molar-refractivity contribution in [3.8, 4) is 33.4 Å². The van der Waals surface area contributed by atoms with Gasteiger partial charge in [-0.1, -0.05) is 194 Å². The van der Waals surface area contributed by atoms with E-state index in [1.807, 2.05) is 0 Å². The molecule has 0 fully saturated rings. The van der Waals surface area contributed by atoms with Gasteiger partial charge in [0.05, 0.1) is 5.41 Å². The van der Waals surface area contributed by atoms with Gasteiger partial charge in [0.2, 0.25) is 0 Å². The second kappa shape index (κ2) is 13.3. The summed E-state index contributed by atoms with van der Waals surface area (Å²) in [7, 11) is 0. The Labute approximate surface area is 384 Å². The Kier molecular flexibility index (Phi) is 7.27. The minimum absolute atomic E-state index is 0.00237. The van der Waals surface area contributed by atoms with E-state index in [1.165, 1.54) is 116 Å². The van der Waals surface area contributed by atoms with Crippen LogP contribution in [0.25, 0.3) is 54.9 Å². The summed E-state index contributed by atoms with van der Waals surface area (Å²) >= 11 is 0. The first-order chi connectivity index (χ1) is 32.8. The van der Waals surface area contributed by atoms with Gasteiger partial charge >= 0.3 is 0 Å². The molecule has 2 nitrogen and oxygen atoms in total. The van der Waals surface area contributed by atoms with Crippen LogP contribution >= 0.6 is 0 Å². The van der Waals surface area contributed by atoms with Crippen molar-refractivity contribution in [2.24, 2.45) is 0 Å². The fourth-order valence-electron chi connectivity index (χ4n) is 12.7. The van der Waals surface area contributed by atoms with Crippen LogP contribution in [0.2, 0.25) is 0 Å². The molecule has 0 N–H and O–H groups in total. The van der Waals surface area contributed by atoms with E-state index < -0.39 is 5.41 Å². The molecule has 0 saturated carbocycles. The first-order valence-electron chi connectivity index (χ1n) is 23.1. The zero-order chi connectivity index (χ0) is 43.1. The molecule has 0 saturated heterocycles. The fraction of sp³-hybridized carbons (Fsp3) is 0.0159. The number of nitrogens with zero attached hydrogens (tertiary/aromatic N) is 2. The molecule has 4 aliphatic rings. The van der Waals surface area contributed by atoms with Gasteiger partial charge in [0.15, 0.2) is 0 Å². The molecule has 0 bridgehead atoms. The topological polar surface area (TPSA) is 6.48 Å². The van der Waals surface area contributed by atoms with Crippen LogP contribution in [-0.2, 0) is 5.41 Å². The monoisotopic (exact) mass is 834 g/mol. The first kappa shape index (κ1) is 36.0. The molecule has 11 aromatic carbocycles. The summed E-state index contributed by atoms with van der Waals surface area (Å²) in [5, 5.41) is 4.97. The quantitative estimate of drug-likeness (QED) is 0.164. The van der Waals surface area contributed by atoms with Gasteiger partial charge in [0, 0.05) is 44.9 Å². The lowest BCUT2D eigenvalue weighted by Crippen LogP contribution is -2.61. The number of fused-ring (bicyclic) bond motifs is 18. The van der Waals surface area contributed by atoms with Crippen LogP contribution in [0.5, 0.6) is 0 Å². The molecule has 66 heavy (non-hydrogen) atoms. The van der Waals surface area contributed by atoms with E-state index in [-0.39, 0.29) is 6.71 Å². The summed E-state index contributed by atoms with van der Waals surface area (Å²) in [5.41, 5.74) is 23.8. The molecule has 1 spiro atoms. The Hall–Kier alpha value is -8.40. The third-order valence-electron chi connectivity index (χ3n) is 15.2. The molecule has 3 heteroatoms. The maximum atomic E-state index is 2.57. The number of para-hydroxylation sites is 2. The number of benzene rings is 11. The van der Waals surface area contributed by atoms with E-state index in [9.17, 15) is 0 Å². The Morgan fingerprint density at radius 3 is 1.26 bits per heavy atom. The number of hydrogen-bond donors (Lipinski definition) is 0. The molecule has 304 valence electrons. The van der Waals surface area contributed by atoms with Gasteiger partial charge in [-0.3, -0.25) is 0 Å². The summed E-state index contributed by atoms with van der Waals surface area (Å²) in [5.74, 6) is 0. The highest BCUT2D eigenvalue weighted by Crippen LogP contribution is 2.63. The van der Waals surface area contributed by atoms with Crippen LogP contribution in [0.3, 0.4) is 0 Å². The highest BCUT2D eigenvalue weighted by Gasteiger charge is 2.52. The Morgan fingerprint density at radius 1 is 0.318 bits per heavy atom. The molecule has 0 aromatic heterocycles. The van der Waals surface area contributed by atoms with Gasteiger partial charge in [0.25, 0.3) is 6.71 Å². The van der Waals surface area contributed by atoms with Gasteiger partial charge in [-0.25, -0.2) is 0 Å².